The Bertz CT molecular complexity index is 1720. The summed E-state index contributed by atoms with van der Waals surface area (Å²) in [5.74, 6) is 0.528. The largest absolute Gasteiger partial charge is 0.476 e. The fourth-order valence-corrected chi connectivity index (χ4v) is 7.48. The van der Waals surface area contributed by atoms with Gasteiger partial charge in [-0.05, 0) is 49.4 Å². The summed E-state index contributed by atoms with van der Waals surface area (Å²) >= 11 is 0. The smallest absolute Gasteiger partial charge is 0.246 e. The first-order valence-corrected chi connectivity index (χ1v) is 16.5. The van der Waals surface area contributed by atoms with Crippen molar-refractivity contribution in [3.8, 4) is 18.0 Å². The summed E-state index contributed by atoms with van der Waals surface area (Å²) in [4.78, 5) is 26.4. The highest BCUT2D eigenvalue weighted by molar-refractivity contribution is 5.97. The number of benzene rings is 2. The minimum absolute atomic E-state index is 0.177. The maximum absolute atomic E-state index is 12.7. The molecular formula is C37H43N7O3. The first-order chi connectivity index (χ1) is 22.9. The maximum atomic E-state index is 12.7. The number of hydrogen-bond donors (Lipinski definition) is 0. The van der Waals surface area contributed by atoms with Gasteiger partial charge in [0.05, 0.1) is 49.7 Å². The number of methoxy groups -OCH3 is 1. The van der Waals surface area contributed by atoms with E-state index in [0.29, 0.717) is 63.2 Å². The Kier molecular flexibility index (Phi) is 9.91. The van der Waals surface area contributed by atoms with Crippen LogP contribution in [0.5, 0.6) is 5.88 Å². The predicted octanol–water partition coefficient (Wildman–Crippen LogP) is 4.44. The number of nitriles is 2. The number of nitrogens with zero attached hydrogens (tertiary/aromatic N) is 7. The highest BCUT2D eigenvalue weighted by Gasteiger charge is 2.35. The second-order valence-corrected chi connectivity index (χ2v) is 12.8. The lowest BCUT2D eigenvalue weighted by atomic mass is 9.95. The van der Waals surface area contributed by atoms with Gasteiger partial charge < -0.3 is 29.1 Å². The van der Waals surface area contributed by atoms with Crippen molar-refractivity contribution >= 4 is 28.1 Å². The van der Waals surface area contributed by atoms with Gasteiger partial charge in [0.25, 0.3) is 0 Å². The number of anilines is 2. The van der Waals surface area contributed by atoms with Gasteiger partial charge in [-0.15, -0.1) is 0 Å². The zero-order valence-electron chi connectivity index (χ0n) is 27.5. The van der Waals surface area contributed by atoms with Gasteiger partial charge in [-0.2, -0.15) is 10.5 Å². The predicted molar refractivity (Wildman–Crippen MR) is 182 cm³/mol. The van der Waals surface area contributed by atoms with Crippen molar-refractivity contribution < 1.29 is 14.3 Å². The molecule has 2 saturated heterocycles. The van der Waals surface area contributed by atoms with Gasteiger partial charge in [0.1, 0.15) is 11.6 Å². The van der Waals surface area contributed by atoms with E-state index in [-0.39, 0.29) is 18.4 Å². The Labute approximate surface area is 277 Å². The molecule has 1 aromatic heterocycles. The zero-order chi connectivity index (χ0) is 32.9. The lowest BCUT2D eigenvalue weighted by Gasteiger charge is -2.43. The van der Waals surface area contributed by atoms with E-state index in [4.69, 9.17) is 14.5 Å². The van der Waals surface area contributed by atoms with Crippen molar-refractivity contribution in [2.75, 3.05) is 75.9 Å². The van der Waals surface area contributed by atoms with Crippen LogP contribution in [0.25, 0.3) is 10.8 Å². The van der Waals surface area contributed by atoms with Gasteiger partial charge in [-0.1, -0.05) is 36.9 Å². The number of ether oxygens (including phenoxy) is 2. The van der Waals surface area contributed by atoms with Gasteiger partial charge in [-0.25, -0.2) is 4.98 Å². The van der Waals surface area contributed by atoms with Gasteiger partial charge >= 0.3 is 0 Å². The molecule has 2 aromatic carbocycles. The highest BCUT2D eigenvalue weighted by Crippen LogP contribution is 2.40. The molecule has 10 nitrogen and oxygen atoms in total. The number of hydrogen-bond acceptors (Lipinski definition) is 9. The van der Waals surface area contributed by atoms with E-state index in [1.807, 2.05) is 0 Å². The average Bonchev–Trinajstić information content (AvgIpc) is 3.56. The molecule has 2 atom stereocenters. The number of amides is 1. The Morgan fingerprint density at radius 1 is 1.11 bits per heavy atom. The molecule has 3 aromatic rings. The van der Waals surface area contributed by atoms with Crippen molar-refractivity contribution in [3.63, 3.8) is 0 Å². The van der Waals surface area contributed by atoms with Crippen molar-refractivity contribution in [3.05, 3.63) is 71.4 Å². The number of likely N-dealkylation sites (tertiary alicyclic amines) is 1. The molecule has 0 bridgehead atoms. The van der Waals surface area contributed by atoms with Gasteiger partial charge in [0.15, 0.2) is 0 Å². The summed E-state index contributed by atoms with van der Waals surface area (Å²) in [6, 6.07) is 17.2. The number of aryl methyl sites for hydroxylation is 1. The number of rotatable bonds is 10. The minimum Gasteiger partial charge on any atom is -0.476 e. The summed E-state index contributed by atoms with van der Waals surface area (Å²) in [6.07, 6.45) is 3.24. The average molecular weight is 634 g/mol. The van der Waals surface area contributed by atoms with E-state index < -0.39 is 0 Å². The monoisotopic (exact) mass is 633 g/mol. The molecule has 0 N–H and O–H groups in total. The molecule has 10 heteroatoms. The van der Waals surface area contributed by atoms with E-state index in [1.165, 1.54) is 28.1 Å². The van der Waals surface area contributed by atoms with Crippen molar-refractivity contribution in [1.82, 2.24) is 14.8 Å². The zero-order valence-corrected chi connectivity index (χ0v) is 27.5. The number of aromatic nitrogens is 1. The molecule has 3 aliphatic heterocycles. The standard InChI is InChI=1S/C37H43N7O3/c1-4-34(45)44-18-17-43(23-29(44)11-14-38)36-30-13-16-42(33-10-6-9-28-8-5-7-26(2)35(28)33)24-32(30)40-37(31(36)21-39)47-25-27-12-15-41(22-27)19-20-46-3/h4-10,27,29H,1,11-13,15-20,22-25H2,2-3H3. The van der Waals surface area contributed by atoms with Crippen molar-refractivity contribution in [2.45, 2.75) is 38.8 Å². The van der Waals surface area contributed by atoms with E-state index in [9.17, 15) is 15.3 Å². The van der Waals surface area contributed by atoms with Crippen LogP contribution in [0.2, 0.25) is 0 Å². The van der Waals surface area contributed by atoms with Gasteiger partial charge in [0.2, 0.25) is 11.8 Å². The molecule has 0 radical (unpaired) electrons. The van der Waals surface area contributed by atoms with E-state index in [2.05, 4.69) is 76.7 Å². The third-order valence-corrected chi connectivity index (χ3v) is 9.86. The maximum Gasteiger partial charge on any atom is 0.246 e. The van der Waals surface area contributed by atoms with Crippen LogP contribution >= 0.6 is 0 Å². The molecule has 1 amide bonds. The number of carbonyl (C=O) groups is 1. The molecular weight excluding hydrogens is 590 g/mol. The lowest BCUT2D eigenvalue weighted by molar-refractivity contribution is -0.128. The van der Waals surface area contributed by atoms with Gasteiger partial charge in [0, 0.05) is 68.9 Å². The van der Waals surface area contributed by atoms with E-state index >= 15 is 0 Å². The number of fused-ring (bicyclic) bond motifs is 2. The van der Waals surface area contributed by atoms with Crippen LogP contribution in [-0.4, -0.2) is 92.9 Å². The molecule has 3 aliphatic rings. The van der Waals surface area contributed by atoms with Gasteiger partial charge in [-0.3, -0.25) is 4.79 Å². The van der Waals surface area contributed by atoms with Crippen LogP contribution in [0.3, 0.4) is 0 Å². The third-order valence-electron chi connectivity index (χ3n) is 9.86. The number of piperazine rings is 1. The first kappa shape index (κ1) is 32.3. The van der Waals surface area contributed by atoms with Crippen LogP contribution < -0.4 is 14.5 Å². The molecule has 6 rings (SSSR count). The molecule has 244 valence electrons. The molecule has 4 heterocycles. The fourth-order valence-electron chi connectivity index (χ4n) is 7.48. The molecule has 2 unspecified atom stereocenters. The van der Waals surface area contributed by atoms with Crippen molar-refractivity contribution in [2.24, 2.45) is 5.92 Å². The van der Waals surface area contributed by atoms with Crippen LogP contribution in [0.15, 0.2) is 49.1 Å². The Hall–Kier alpha value is -4.64. The second-order valence-electron chi connectivity index (χ2n) is 12.8. The van der Waals surface area contributed by atoms with Crippen molar-refractivity contribution in [1.29, 1.82) is 10.5 Å². The van der Waals surface area contributed by atoms with Crippen LogP contribution in [0.4, 0.5) is 11.4 Å². The van der Waals surface area contributed by atoms with Crippen LogP contribution in [0.1, 0.15) is 35.2 Å². The summed E-state index contributed by atoms with van der Waals surface area (Å²) < 4.78 is 11.7. The first-order valence-electron chi connectivity index (χ1n) is 16.5. The Morgan fingerprint density at radius 3 is 2.70 bits per heavy atom. The fraction of sp³-hybridized carbons (Fsp3) is 0.459. The Balaban J connectivity index is 1.36. The second kappa shape index (κ2) is 14.4. The summed E-state index contributed by atoms with van der Waals surface area (Å²) in [5, 5.41) is 22.7. The topological polar surface area (TPSA) is 109 Å². The quantitative estimate of drug-likeness (QED) is 0.300. The minimum atomic E-state index is -0.311. The molecule has 47 heavy (non-hydrogen) atoms. The Morgan fingerprint density at radius 2 is 1.94 bits per heavy atom. The lowest BCUT2D eigenvalue weighted by Crippen LogP contribution is -2.55. The molecule has 0 spiro atoms. The molecule has 0 aliphatic carbocycles. The van der Waals surface area contributed by atoms with Crippen LogP contribution in [-0.2, 0) is 22.5 Å². The van der Waals surface area contributed by atoms with Crippen LogP contribution in [0, 0.1) is 35.5 Å². The highest BCUT2D eigenvalue weighted by atomic mass is 16.5. The number of carbonyl (C=O) groups excluding carboxylic acids is 1. The summed E-state index contributed by atoms with van der Waals surface area (Å²) in [6.45, 7) is 12.6. The number of pyridine rings is 1. The summed E-state index contributed by atoms with van der Waals surface area (Å²) in [7, 11) is 1.72. The molecule has 2 fully saturated rings. The summed E-state index contributed by atoms with van der Waals surface area (Å²) in [5.41, 5.74) is 5.63. The van der Waals surface area contributed by atoms with E-state index in [0.717, 1.165) is 49.5 Å². The third kappa shape index (κ3) is 6.62. The molecule has 0 saturated carbocycles. The van der Waals surface area contributed by atoms with E-state index in [1.54, 1.807) is 12.0 Å². The SMILES string of the molecule is C=CC(=O)N1CCN(c2c(C#N)c(OCC3CCN(CCOC)C3)nc3c2CCN(c2cccc4cccc(C)c24)C3)CC1CC#N. The normalized spacial score (nSPS) is 19.7.